The molecule has 0 saturated carbocycles. The molecule has 1 fully saturated rings. The van der Waals surface area contributed by atoms with Gasteiger partial charge in [0.05, 0.1) is 21.2 Å². The highest BCUT2D eigenvalue weighted by molar-refractivity contribution is 7.22. The van der Waals surface area contributed by atoms with Crippen LogP contribution in [0.1, 0.15) is 18.4 Å². The second-order valence-corrected chi connectivity index (χ2v) is 6.61. The highest BCUT2D eigenvalue weighted by Crippen LogP contribution is 2.36. The summed E-state index contributed by atoms with van der Waals surface area (Å²) in [6, 6.07) is 3.89. The van der Waals surface area contributed by atoms with Crippen LogP contribution in [0, 0.1) is 12.8 Å². The Morgan fingerprint density at radius 3 is 3.05 bits per heavy atom. The van der Waals surface area contributed by atoms with Crippen molar-refractivity contribution in [1.82, 2.24) is 4.98 Å². The molecule has 20 heavy (non-hydrogen) atoms. The molecule has 1 saturated heterocycles. The minimum atomic E-state index is -0.218. The fourth-order valence-electron chi connectivity index (χ4n) is 2.61. The predicted octanol–water partition coefficient (Wildman–Crippen LogP) is 2.96. The van der Waals surface area contributed by atoms with Gasteiger partial charge in [0.15, 0.2) is 5.13 Å². The van der Waals surface area contributed by atoms with Gasteiger partial charge in [0.1, 0.15) is 0 Å². The summed E-state index contributed by atoms with van der Waals surface area (Å²) < 4.78 is 1.02. The molecule has 1 aromatic heterocycles. The fraction of sp³-hybridized carbons (Fsp3) is 0.429. The van der Waals surface area contributed by atoms with Crippen molar-refractivity contribution in [3.8, 4) is 0 Å². The number of nitrogens with zero attached hydrogens (tertiary/aromatic N) is 2. The average Bonchev–Trinajstić information content (AvgIpc) is 2.89. The molecule has 1 aliphatic heterocycles. The van der Waals surface area contributed by atoms with Crippen LogP contribution in [0.2, 0.25) is 5.02 Å². The van der Waals surface area contributed by atoms with Gasteiger partial charge >= 0.3 is 0 Å². The van der Waals surface area contributed by atoms with Gasteiger partial charge in [-0.2, -0.15) is 0 Å². The molecule has 1 aliphatic rings. The Morgan fingerprint density at radius 2 is 2.35 bits per heavy atom. The van der Waals surface area contributed by atoms with E-state index in [1.54, 1.807) is 11.3 Å². The molecule has 106 valence electrons. The number of carbonyl (C=O) groups is 1. The Labute approximate surface area is 126 Å². The SMILES string of the molecule is Cc1ccc(Cl)c2sc(N3CCCC(C(N)=O)C3)nc12. The average molecular weight is 310 g/mol. The van der Waals surface area contributed by atoms with Crippen LogP contribution in [0.5, 0.6) is 0 Å². The molecule has 3 rings (SSSR count). The lowest BCUT2D eigenvalue weighted by atomic mass is 9.98. The minimum absolute atomic E-state index is 0.0765. The van der Waals surface area contributed by atoms with Crippen LogP contribution in [0.4, 0.5) is 5.13 Å². The third-order valence-corrected chi connectivity index (χ3v) is 5.36. The molecule has 2 heterocycles. The molecule has 0 aliphatic carbocycles. The Bertz CT molecular complexity index is 631. The van der Waals surface area contributed by atoms with Crippen molar-refractivity contribution in [3.05, 3.63) is 22.7 Å². The standard InChI is InChI=1S/C14H16ClN3OS/c1-8-4-5-10(15)12-11(8)17-14(20-12)18-6-2-3-9(7-18)13(16)19/h4-5,9H,2-3,6-7H2,1H3,(H2,16,19). The van der Waals surface area contributed by atoms with Gasteiger partial charge in [0.25, 0.3) is 0 Å². The summed E-state index contributed by atoms with van der Waals surface area (Å²) >= 11 is 7.83. The van der Waals surface area contributed by atoms with Crippen molar-refractivity contribution in [2.24, 2.45) is 11.7 Å². The maximum atomic E-state index is 11.4. The van der Waals surface area contributed by atoms with Crippen LogP contribution in [0.3, 0.4) is 0 Å². The number of hydrogen-bond donors (Lipinski definition) is 1. The number of hydrogen-bond acceptors (Lipinski definition) is 4. The number of fused-ring (bicyclic) bond motifs is 1. The number of carbonyl (C=O) groups excluding carboxylic acids is 1. The number of anilines is 1. The number of rotatable bonds is 2. The van der Waals surface area contributed by atoms with Gasteiger partial charge in [-0.3, -0.25) is 4.79 Å². The van der Waals surface area contributed by atoms with Crippen LogP contribution >= 0.6 is 22.9 Å². The van der Waals surface area contributed by atoms with Gasteiger partial charge in [-0.1, -0.05) is 29.0 Å². The van der Waals surface area contributed by atoms with E-state index in [0.717, 1.165) is 45.3 Å². The van der Waals surface area contributed by atoms with Crippen molar-refractivity contribution < 1.29 is 4.79 Å². The zero-order chi connectivity index (χ0) is 14.3. The minimum Gasteiger partial charge on any atom is -0.369 e. The molecule has 0 radical (unpaired) electrons. The topological polar surface area (TPSA) is 59.2 Å². The number of thiazole rings is 1. The van der Waals surface area contributed by atoms with Gasteiger partial charge in [-0.15, -0.1) is 0 Å². The van der Waals surface area contributed by atoms with Gasteiger partial charge in [-0.25, -0.2) is 4.98 Å². The Balaban J connectivity index is 1.96. The Morgan fingerprint density at radius 1 is 1.55 bits per heavy atom. The molecule has 1 aromatic carbocycles. The number of amides is 1. The van der Waals surface area contributed by atoms with Crippen LogP contribution in [-0.4, -0.2) is 24.0 Å². The van der Waals surface area contributed by atoms with Gasteiger partial charge in [-0.05, 0) is 31.4 Å². The van der Waals surface area contributed by atoms with Gasteiger partial charge in [0, 0.05) is 13.1 Å². The van der Waals surface area contributed by atoms with Crippen molar-refractivity contribution >= 4 is 44.2 Å². The number of halogens is 1. The summed E-state index contributed by atoms with van der Waals surface area (Å²) in [5.41, 5.74) is 7.50. The smallest absolute Gasteiger partial charge is 0.222 e. The fourth-order valence-corrected chi connectivity index (χ4v) is 3.96. The Kier molecular flexibility index (Phi) is 3.56. The van der Waals surface area contributed by atoms with E-state index in [2.05, 4.69) is 4.90 Å². The van der Waals surface area contributed by atoms with E-state index >= 15 is 0 Å². The summed E-state index contributed by atoms with van der Waals surface area (Å²) in [4.78, 5) is 18.2. The lowest BCUT2D eigenvalue weighted by molar-refractivity contribution is -0.122. The van der Waals surface area contributed by atoms with E-state index in [-0.39, 0.29) is 11.8 Å². The monoisotopic (exact) mass is 309 g/mol. The number of piperidine rings is 1. The normalized spacial score (nSPS) is 19.5. The molecule has 1 atom stereocenters. The number of primary amides is 1. The van der Waals surface area contributed by atoms with E-state index in [1.165, 1.54) is 0 Å². The zero-order valence-electron chi connectivity index (χ0n) is 11.2. The molecule has 2 N–H and O–H groups in total. The lowest BCUT2D eigenvalue weighted by Crippen LogP contribution is -2.41. The highest BCUT2D eigenvalue weighted by atomic mass is 35.5. The quantitative estimate of drug-likeness (QED) is 0.928. The van der Waals surface area contributed by atoms with Gasteiger partial charge < -0.3 is 10.6 Å². The third-order valence-electron chi connectivity index (χ3n) is 3.78. The summed E-state index contributed by atoms with van der Waals surface area (Å²) in [7, 11) is 0. The zero-order valence-corrected chi connectivity index (χ0v) is 12.8. The number of aryl methyl sites for hydroxylation is 1. The summed E-state index contributed by atoms with van der Waals surface area (Å²) in [6.45, 7) is 3.61. The first kappa shape index (κ1) is 13.6. The lowest BCUT2D eigenvalue weighted by Gasteiger charge is -2.30. The first-order valence-electron chi connectivity index (χ1n) is 6.66. The molecular weight excluding hydrogens is 294 g/mol. The van der Waals surface area contributed by atoms with Crippen molar-refractivity contribution in [1.29, 1.82) is 0 Å². The van der Waals surface area contributed by atoms with Crippen LogP contribution < -0.4 is 10.6 Å². The van der Waals surface area contributed by atoms with E-state index in [1.807, 2.05) is 19.1 Å². The molecule has 6 heteroatoms. The summed E-state index contributed by atoms with van der Waals surface area (Å²) in [6.07, 6.45) is 1.84. The second kappa shape index (κ2) is 5.22. The molecule has 1 amide bonds. The Hall–Kier alpha value is -1.33. The van der Waals surface area contributed by atoms with E-state index in [4.69, 9.17) is 22.3 Å². The molecule has 0 spiro atoms. The van der Waals surface area contributed by atoms with Crippen molar-refractivity contribution in [2.75, 3.05) is 18.0 Å². The molecule has 1 unspecified atom stereocenters. The van der Waals surface area contributed by atoms with E-state index in [0.29, 0.717) is 6.54 Å². The highest BCUT2D eigenvalue weighted by Gasteiger charge is 2.26. The largest absolute Gasteiger partial charge is 0.369 e. The summed E-state index contributed by atoms with van der Waals surface area (Å²) in [5.74, 6) is -0.294. The number of benzene rings is 1. The van der Waals surface area contributed by atoms with E-state index in [9.17, 15) is 4.79 Å². The predicted molar refractivity (Wildman–Crippen MR) is 83.5 cm³/mol. The van der Waals surface area contributed by atoms with Crippen molar-refractivity contribution in [3.63, 3.8) is 0 Å². The van der Waals surface area contributed by atoms with Gasteiger partial charge in [0.2, 0.25) is 5.91 Å². The van der Waals surface area contributed by atoms with E-state index < -0.39 is 0 Å². The molecule has 0 bridgehead atoms. The van der Waals surface area contributed by atoms with Crippen LogP contribution in [-0.2, 0) is 4.79 Å². The summed E-state index contributed by atoms with van der Waals surface area (Å²) in [5, 5.41) is 1.67. The first-order valence-corrected chi connectivity index (χ1v) is 7.85. The number of aromatic nitrogens is 1. The maximum Gasteiger partial charge on any atom is 0.222 e. The molecular formula is C14H16ClN3OS. The van der Waals surface area contributed by atoms with Crippen LogP contribution in [0.25, 0.3) is 10.2 Å². The molecule has 2 aromatic rings. The number of nitrogens with two attached hydrogens (primary N) is 1. The van der Waals surface area contributed by atoms with Crippen LogP contribution in [0.15, 0.2) is 12.1 Å². The molecule has 4 nitrogen and oxygen atoms in total. The maximum absolute atomic E-state index is 11.4. The second-order valence-electron chi connectivity index (χ2n) is 5.23. The first-order chi connectivity index (χ1) is 9.56. The third kappa shape index (κ3) is 2.36. The van der Waals surface area contributed by atoms with Crippen molar-refractivity contribution in [2.45, 2.75) is 19.8 Å².